The smallest absolute Gasteiger partial charge is 0.116 e. The molecule has 1 atom stereocenters. The summed E-state index contributed by atoms with van der Waals surface area (Å²) in [5.41, 5.74) is 3.65. The van der Waals surface area contributed by atoms with Gasteiger partial charge in [0.05, 0.1) is 12.7 Å². The number of aliphatic hydroxyl groups is 2. The van der Waals surface area contributed by atoms with Gasteiger partial charge in [0.2, 0.25) is 0 Å². The Labute approximate surface area is 139 Å². The van der Waals surface area contributed by atoms with E-state index < -0.39 is 6.10 Å². The van der Waals surface area contributed by atoms with E-state index >= 15 is 0 Å². The molecule has 3 heteroatoms. The molecular formula is C20H28O3. The van der Waals surface area contributed by atoms with Crippen molar-refractivity contribution >= 4 is 6.08 Å². The molecule has 3 nitrogen and oxygen atoms in total. The molecule has 126 valence electrons. The maximum absolute atomic E-state index is 10.4. The van der Waals surface area contributed by atoms with E-state index in [2.05, 4.69) is 6.58 Å². The maximum Gasteiger partial charge on any atom is 0.116 e. The standard InChI is InChI=1S/C20H28O3/c1-14(2)16(4)19(10-11-21)20(23)9-8-15(3)12-17-6-5-7-18(22)13-17/h5-7,10,12-14,20-23H,4,8-9,11H2,1-3H3/b15-12+,19-10-. The highest BCUT2D eigenvalue weighted by Gasteiger charge is 2.16. The molecular weight excluding hydrogens is 288 g/mol. The van der Waals surface area contributed by atoms with Crippen molar-refractivity contribution in [3.05, 3.63) is 59.2 Å². The number of benzene rings is 1. The van der Waals surface area contributed by atoms with Gasteiger partial charge in [-0.05, 0) is 54.5 Å². The molecule has 23 heavy (non-hydrogen) atoms. The Hall–Kier alpha value is -1.84. The van der Waals surface area contributed by atoms with Gasteiger partial charge in [-0.1, -0.05) is 50.3 Å². The summed E-state index contributed by atoms with van der Waals surface area (Å²) in [6.07, 6.45) is 4.30. The van der Waals surface area contributed by atoms with E-state index in [0.29, 0.717) is 6.42 Å². The van der Waals surface area contributed by atoms with Crippen LogP contribution in [0.15, 0.2) is 53.6 Å². The molecule has 1 aromatic rings. The van der Waals surface area contributed by atoms with Gasteiger partial charge in [0.15, 0.2) is 0 Å². The van der Waals surface area contributed by atoms with E-state index in [-0.39, 0.29) is 18.3 Å². The summed E-state index contributed by atoms with van der Waals surface area (Å²) >= 11 is 0. The number of aliphatic hydroxyl groups excluding tert-OH is 2. The molecule has 0 aliphatic heterocycles. The quantitative estimate of drug-likeness (QED) is 0.634. The Morgan fingerprint density at radius 1 is 1.30 bits per heavy atom. The normalized spacial score (nSPS) is 14.2. The van der Waals surface area contributed by atoms with Crippen LogP contribution in [-0.2, 0) is 0 Å². The number of phenols is 1. The number of allylic oxidation sites excluding steroid dienone is 1. The van der Waals surface area contributed by atoms with Gasteiger partial charge >= 0.3 is 0 Å². The summed E-state index contributed by atoms with van der Waals surface area (Å²) < 4.78 is 0. The number of rotatable bonds is 8. The van der Waals surface area contributed by atoms with Crippen LogP contribution in [0.5, 0.6) is 5.75 Å². The van der Waals surface area contributed by atoms with Crippen LogP contribution < -0.4 is 0 Å². The minimum Gasteiger partial charge on any atom is -0.508 e. The van der Waals surface area contributed by atoms with E-state index in [0.717, 1.165) is 28.7 Å². The van der Waals surface area contributed by atoms with E-state index in [1.54, 1.807) is 24.3 Å². The lowest BCUT2D eigenvalue weighted by molar-refractivity contribution is 0.199. The van der Waals surface area contributed by atoms with Gasteiger partial charge in [-0.2, -0.15) is 0 Å². The van der Waals surface area contributed by atoms with Gasteiger partial charge in [-0.3, -0.25) is 0 Å². The van der Waals surface area contributed by atoms with Crippen LogP contribution in [0.1, 0.15) is 39.2 Å². The second-order valence-corrected chi connectivity index (χ2v) is 6.16. The largest absolute Gasteiger partial charge is 0.508 e. The first kappa shape index (κ1) is 19.2. The number of phenolic OH excluding ortho intramolecular Hbond substituents is 1. The van der Waals surface area contributed by atoms with Crippen molar-refractivity contribution < 1.29 is 15.3 Å². The maximum atomic E-state index is 10.4. The van der Waals surface area contributed by atoms with Crippen molar-refractivity contribution in [2.24, 2.45) is 5.92 Å². The third kappa shape index (κ3) is 6.43. The van der Waals surface area contributed by atoms with Crippen LogP contribution >= 0.6 is 0 Å². The van der Waals surface area contributed by atoms with Gasteiger partial charge < -0.3 is 15.3 Å². The Morgan fingerprint density at radius 2 is 2.00 bits per heavy atom. The minimum atomic E-state index is -0.635. The molecule has 0 heterocycles. The molecule has 3 N–H and O–H groups in total. The second-order valence-electron chi connectivity index (χ2n) is 6.16. The molecule has 0 aliphatic carbocycles. The molecule has 0 bridgehead atoms. The van der Waals surface area contributed by atoms with Crippen molar-refractivity contribution in [3.8, 4) is 5.75 Å². The Balaban J connectivity index is 2.71. The zero-order chi connectivity index (χ0) is 17.4. The monoisotopic (exact) mass is 316 g/mol. The molecule has 0 radical (unpaired) electrons. The van der Waals surface area contributed by atoms with Crippen LogP contribution in [0.2, 0.25) is 0 Å². The van der Waals surface area contributed by atoms with E-state index in [1.807, 2.05) is 32.9 Å². The van der Waals surface area contributed by atoms with Gasteiger partial charge in [0.25, 0.3) is 0 Å². The molecule has 1 rings (SSSR count). The first-order valence-corrected chi connectivity index (χ1v) is 7.99. The molecule has 0 saturated heterocycles. The van der Waals surface area contributed by atoms with E-state index in [4.69, 9.17) is 5.11 Å². The van der Waals surface area contributed by atoms with Gasteiger partial charge in [-0.25, -0.2) is 0 Å². The van der Waals surface area contributed by atoms with Crippen molar-refractivity contribution in [1.82, 2.24) is 0 Å². The highest BCUT2D eigenvalue weighted by molar-refractivity contribution is 5.54. The predicted molar refractivity (Wildman–Crippen MR) is 96.1 cm³/mol. The van der Waals surface area contributed by atoms with Crippen LogP contribution in [0.3, 0.4) is 0 Å². The van der Waals surface area contributed by atoms with Crippen LogP contribution in [0.4, 0.5) is 0 Å². The Kier molecular flexibility index (Phi) is 7.79. The van der Waals surface area contributed by atoms with Crippen LogP contribution in [0.25, 0.3) is 6.08 Å². The van der Waals surface area contributed by atoms with Crippen molar-refractivity contribution in [1.29, 1.82) is 0 Å². The van der Waals surface area contributed by atoms with Gasteiger partial charge in [0, 0.05) is 0 Å². The van der Waals surface area contributed by atoms with Gasteiger partial charge in [-0.15, -0.1) is 0 Å². The predicted octanol–water partition coefficient (Wildman–Crippen LogP) is 4.07. The summed E-state index contributed by atoms with van der Waals surface area (Å²) in [5, 5.41) is 29.0. The number of aromatic hydroxyl groups is 1. The average molecular weight is 316 g/mol. The third-order valence-electron chi connectivity index (χ3n) is 3.83. The topological polar surface area (TPSA) is 60.7 Å². The molecule has 0 amide bonds. The molecule has 1 aromatic carbocycles. The zero-order valence-electron chi connectivity index (χ0n) is 14.3. The van der Waals surface area contributed by atoms with Crippen molar-refractivity contribution in [3.63, 3.8) is 0 Å². The second kappa shape index (κ2) is 9.33. The van der Waals surface area contributed by atoms with Crippen molar-refractivity contribution in [2.75, 3.05) is 6.61 Å². The lowest BCUT2D eigenvalue weighted by Crippen LogP contribution is -2.15. The first-order chi connectivity index (χ1) is 10.8. The lowest BCUT2D eigenvalue weighted by atomic mass is 9.90. The number of hydrogen-bond acceptors (Lipinski definition) is 3. The molecule has 0 fully saturated rings. The molecule has 0 spiro atoms. The minimum absolute atomic E-state index is 0.101. The highest BCUT2D eigenvalue weighted by atomic mass is 16.3. The molecule has 1 unspecified atom stereocenters. The first-order valence-electron chi connectivity index (χ1n) is 7.99. The summed E-state index contributed by atoms with van der Waals surface area (Å²) in [6, 6.07) is 7.08. The van der Waals surface area contributed by atoms with E-state index in [1.165, 1.54) is 0 Å². The van der Waals surface area contributed by atoms with Crippen molar-refractivity contribution in [2.45, 2.75) is 39.7 Å². The Morgan fingerprint density at radius 3 is 2.57 bits per heavy atom. The van der Waals surface area contributed by atoms with Gasteiger partial charge in [0.1, 0.15) is 5.75 Å². The highest BCUT2D eigenvalue weighted by Crippen LogP contribution is 2.24. The molecule has 0 aliphatic rings. The third-order valence-corrected chi connectivity index (χ3v) is 3.83. The SMILES string of the molecule is C=C(/C(=C/CO)C(O)CC/C(C)=C/c1cccc(O)c1)C(C)C. The lowest BCUT2D eigenvalue weighted by Gasteiger charge is -2.20. The summed E-state index contributed by atoms with van der Waals surface area (Å²) in [6.45, 7) is 9.96. The number of hydrogen-bond donors (Lipinski definition) is 3. The summed E-state index contributed by atoms with van der Waals surface area (Å²) in [5.74, 6) is 0.472. The zero-order valence-corrected chi connectivity index (χ0v) is 14.3. The summed E-state index contributed by atoms with van der Waals surface area (Å²) in [4.78, 5) is 0. The molecule has 0 saturated carbocycles. The van der Waals surface area contributed by atoms with Crippen LogP contribution in [-0.4, -0.2) is 28.0 Å². The molecule has 0 aromatic heterocycles. The summed E-state index contributed by atoms with van der Waals surface area (Å²) in [7, 11) is 0. The van der Waals surface area contributed by atoms with E-state index in [9.17, 15) is 10.2 Å². The van der Waals surface area contributed by atoms with Crippen LogP contribution in [0, 0.1) is 5.92 Å². The fourth-order valence-electron chi connectivity index (χ4n) is 2.40. The Bertz CT molecular complexity index is 582. The average Bonchev–Trinajstić information content (AvgIpc) is 2.49. The fourth-order valence-corrected chi connectivity index (χ4v) is 2.40. The fraction of sp³-hybridized carbons (Fsp3) is 0.400.